The van der Waals surface area contributed by atoms with Gasteiger partial charge in [-0.1, -0.05) is 37.3 Å². The minimum Gasteiger partial charge on any atom is -0.466 e. The number of rotatable bonds is 10. The molecule has 0 spiro atoms. The van der Waals surface area contributed by atoms with Crippen molar-refractivity contribution in [3.05, 3.63) is 35.9 Å². The molecule has 1 N–H and O–H groups in total. The summed E-state index contributed by atoms with van der Waals surface area (Å²) in [6.07, 6.45) is 4.76. The van der Waals surface area contributed by atoms with Gasteiger partial charge in [0.1, 0.15) is 0 Å². The van der Waals surface area contributed by atoms with Gasteiger partial charge < -0.3 is 10.1 Å². The number of ether oxygens (including phenoxy) is 1. The largest absolute Gasteiger partial charge is 0.466 e. The molecule has 0 aliphatic heterocycles. The molecule has 1 aromatic rings. The molecule has 1 aromatic carbocycles. The number of carbonyl (C=O) groups is 1. The van der Waals surface area contributed by atoms with E-state index >= 15 is 0 Å². The van der Waals surface area contributed by atoms with E-state index in [1.807, 2.05) is 13.0 Å². The molecule has 106 valence electrons. The van der Waals surface area contributed by atoms with Crippen molar-refractivity contribution < 1.29 is 9.53 Å². The molecule has 0 radical (unpaired) electrons. The van der Waals surface area contributed by atoms with Gasteiger partial charge in [0.05, 0.1) is 6.61 Å². The van der Waals surface area contributed by atoms with E-state index in [9.17, 15) is 4.79 Å². The van der Waals surface area contributed by atoms with Crippen molar-refractivity contribution in [2.75, 3.05) is 19.7 Å². The first-order chi connectivity index (χ1) is 9.33. The molecule has 0 atom stereocenters. The normalized spacial score (nSPS) is 10.4. The van der Waals surface area contributed by atoms with Crippen LogP contribution in [0, 0.1) is 0 Å². The van der Waals surface area contributed by atoms with E-state index in [4.69, 9.17) is 4.74 Å². The maximum absolute atomic E-state index is 10.9. The van der Waals surface area contributed by atoms with Gasteiger partial charge in [0.25, 0.3) is 0 Å². The van der Waals surface area contributed by atoms with Crippen molar-refractivity contribution in [3.8, 4) is 0 Å². The fourth-order valence-electron chi connectivity index (χ4n) is 1.82. The highest BCUT2D eigenvalue weighted by Crippen LogP contribution is 1.99. The maximum Gasteiger partial charge on any atom is 0.305 e. The van der Waals surface area contributed by atoms with Crippen LogP contribution in [-0.2, 0) is 16.0 Å². The van der Waals surface area contributed by atoms with E-state index in [1.165, 1.54) is 5.56 Å². The smallest absolute Gasteiger partial charge is 0.305 e. The lowest BCUT2D eigenvalue weighted by molar-refractivity contribution is -0.143. The lowest BCUT2D eigenvalue weighted by Crippen LogP contribution is -2.18. The number of hydrogen-bond donors (Lipinski definition) is 1. The summed E-state index contributed by atoms with van der Waals surface area (Å²) in [5.41, 5.74) is 1.38. The Hall–Kier alpha value is -1.35. The summed E-state index contributed by atoms with van der Waals surface area (Å²) >= 11 is 0. The van der Waals surface area contributed by atoms with Crippen molar-refractivity contribution in [3.63, 3.8) is 0 Å². The Labute approximate surface area is 116 Å². The topological polar surface area (TPSA) is 38.3 Å². The molecule has 1 rings (SSSR count). The summed E-state index contributed by atoms with van der Waals surface area (Å²) in [5, 5.41) is 3.44. The predicted molar refractivity (Wildman–Crippen MR) is 78.1 cm³/mol. The van der Waals surface area contributed by atoms with Gasteiger partial charge in [0, 0.05) is 6.42 Å². The molecular formula is C16H25NO2. The second-order valence-corrected chi connectivity index (χ2v) is 4.62. The first-order valence-electron chi connectivity index (χ1n) is 7.23. The fraction of sp³-hybridized carbons (Fsp3) is 0.562. The Morgan fingerprint density at radius 1 is 1.11 bits per heavy atom. The number of carbonyl (C=O) groups excluding carboxylic acids is 1. The van der Waals surface area contributed by atoms with Gasteiger partial charge in [-0.2, -0.15) is 0 Å². The summed E-state index contributed by atoms with van der Waals surface area (Å²) < 4.78 is 5.02. The zero-order valence-electron chi connectivity index (χ0n) is 11.9. The van der Waals surface area contributed by atoms with Gasteiger partial charge in [-0.25, -0.2) is 0 Å². The number of nitrogens with one attached hydrogen (secondary N) is 1. The first kappa shape index (κ1) is 15.7. The van der Waals surface area contributed by atoms with Crippen LogP contribution in [0.15, 0.2) is 30.3 Å². The van der Waals surface area contributed by atoms with Crippen LogP contribution in [0.25, 0.3) is 0 Å². The van der Waals surface area contributed by atoms with Gasteiger partial charge in [0.15, 0.2) is 0 Å². The molecular weight excluding hydrogens is 238 g/mol. The number of esters is 1. The van der Waals surface area contributed by atoms with Gasteiger partial charge in [-0.05, 0) is 44.3 Å². The van der Waals surface area contributed by atoms with Gasteiger partial charge in [0.2, 0.25) is 0 Å². The van der Waals surface area contributed by atoms with Crippen molar-refractivity contribution in [2.45, 2.75) is 39.0 Å². The second-order valence-electron chi connectivity index (χ2n) is 4.62. The summed E-state index contributed by atoms with van der Waals surface area (Å²) in [6.45, 7) is 4.44. The molecule has 0 heterocycles. The zero-order chi connectivity index (χ0) is 13.8. The quantitative estimate of drug-likeness (QED) is 0.521. The van der Waals surface area contributed by atoms with Crippen LogP contribution < -0.4 is 5.32 Å². The molecule has 0 saturated carbocycles. The fourth-order valence-corrected chi connectivity index (χ4v) is 1.82. The van der Waals surface area contributed by atoms with Gasteiger partial charge in [-0.3, -0.25) is 4.79 Å². The molecule has 0 aliphatic carbocycles. The van der Waals surface area contributed by atoms with Gasteiger partial charge in [-0.15, -0.1) is 0 Å². The predicted octanol–water partition coefficient (Wildman–Crippen LogP) is 2.94. The molecule has 3 nitrogen and oxygen atoms in total. The van der Waals surface area contributed by atoms with E-state index in [1.54, 1.807) is 0 Å². The van der Waals surface area contributed by atoms with E-state index in [0.717, 1.165) is 38.8 Å². The summed E-state index contributed by atoms with van der Waals surface area (Å²) in [5.74, 6) is -0.0963. The first-order valence-corrected chi connectivity index (χ1v) is 7.23. The minimum absolute atomic E-state index is 0.0963. The van der Waals surface area contributed by atoms with Crippen LogP contribution in [-0.4, -0.2) is 25.7 Å². The molecule has 0 bridgehead atoms. The molecule has 0 aliphatic rings. The Kier molecular flexibility index (Phi) is 8.73. The number of benzene rings is 1. The lowest BCUT2D eigenvalue weighted by Gasteiger charge is -2.05. The molecule has 0 saturated heterocycles. The third-order valence-electron chi connectivity index (χ3n) is 2.98. The van der Waals surface area contributed by atoms with Crippen LogP contribution in [0.3, 0.4) is 0 Å². The van der Waals surface area contributed by atoms with E-state index in [-0.39, 0.29) is 5.97 Å². The van der Waals surface area contributed by atoms with Crippen LogP contribution in [0.2, 0.25) is 0 Å². The van der Waals surface area contributed by atoms with E-state index < -0.39 is 0 Å². The van der Waals surface area contributed by atoms with Crippen LogP contribution in [0.1, 0.15) is 38.2 Å². The summed E-state index contributed by atoms with van der Waals surface area (Å²) in [4.78, 5) is 10.9. The second kappa shape index (κ2) is 10.6. The average Bonchev–Trinajstić information content (AvgIpc) is 2.46. The number of unbranched alkanes of at least 4 members (excludes halogenated alkanes) is 2. The Bertz CT molecular complexity index is 338. The lowest BCUT2D eigenvalue weighted by atomic mass is 10.1. The van der Waals surface area contributed by atoms with Gasteiger partial charge >= 0.3 is 5.97 Å². The summed E-state index contributed by atoms with van der Waals surface area (Å²) in [6, 6.07) is 10.5. The highest BCUT2D eigenvalue weighted by atomic mass is 16.5. The van der Waals surface area contributed by atoms with Crippen LogP contribution in [0.5, 0.6) is 0 Å². The standard InChI is InChI=1S/C16H25NO2/c1-2-16(18)19-14-8-4-7-12-17-13-11-15-9-5-3-6-10-15/h3,5-6,9-10,17H,2,4,7-8,11-14H2,1H3. The Morgan fingerprint density at radius 3 is 2.63 bits per heavy atom. The highest BCUT2D eigenvalue weighted by molar-refractivity contribution is 5.68. The van der Waals surface area contributed by atoms with Crippen molar-refractivity contribution in [1.82, 2.24) is 5.32 Å². The maximum atomic E-state index is 10.9. The Balaban J connectivity index is 1.85. The van der Waals surface area contributed by atoms with E-state index in [0.29, 0.717) is 13.0 Å². The molecule has 0 amide bonds. The van der Waals surface area contributed by atoms with Crippen molar-refractivity contribution in [2.24, 2.45) is 0 Å². The molecule has 19 heavy (non-hydrogen) atoms. The zero-order valence-corrected chi connectivity index (χ0v) is 11.9. The molecule has 0 unspecified atom stereocenters. The molecule has 3 heteroatoms. The SMILES string of the molecule is CCC(=O)OCCCCCNCCc1ccccc1. The van der Waals surface area contributed by atoms with Crippen LogP contribution >= 0.6 is 0 Å². The molecule has 0 fully saturated rings. The third-order valence-corrected chi connectivity index (χ3v) is 2.98. The average molecular weight is 263 g/mol. The van der Waals surface area contributed by atoms with Crippen LogP contribution in [0.4, 0.5) is 0 Å². The summed E-state index contributed by atoms with van der Waals surface area (Å²) in [7, 11) is 0. The molecule has 0 aromatic heterocycles. The third kappa shape index (κ3) is 8.38. The van der Waals surface area contributed by atoms with Crippen molar-refractivity contribution >= 4 is 5.97 Å². The monoisotopic (exact) mass is 263 g/mol. The highest BCUT2D eigenvalue weighted by Gasteiger charge is 1.97. The minimum atomic E-state index is -0.0963. The Morgan fingerprint density at radius 2 is 1.89 bits per heavy atom. The van der Waals surface area contributed by atoms with E-state index in [2.05, 4.69) is 29.6 Å². The van der Waals surface area contributed by atoms with Crippen molar-refractivity contribution in [1.29, 1.82) is 0 Å². The number of hydrogen-bond acceptors (Lipinski definition) is 3.